The molecule has 0 aromatic carbocycles. The van der Waals surface area contributed by atoms with Crippen LogP contribution in [0.4, 0.5) is 4.79 Å². The van der Waals surface area contributed by atoms with Crippen LogP contribution in [0.25, 0.3) is 0 Å². The Morgan fingerprint density at radius 2 is 2.00 bits per heavy atom. The quantitative estimate of drug-likeness (QED) is 0.892. The van der Waals surface area contributed by atoms with Crippen molar-refractivity contribution in [1.29, 1.82) is 0 Å². The van der Waals surface area contributed by atoms with Gasteiger partial charge in [0.1, 0.15) is 5.60 Å². The van der Waals surface area contributed by atoms with Crippen molar-refractivity contribution in [2.45, 2.75) is 58.6 Å². The number of carbonyl (C=O) groups is 1. The molecule has 1 heterocycles. The molecular weight excluding hydrogens is 268 g/mol. The molecule has 1 unspecified atom stereocenters. The Hall–Kier alpha value is -1.56. The molecule has 6 nitrogen and oxygen atoms in total. The molecule has 0 fully saturated rings. The Kier molecular flexibility index (Phi) is 5.39. The number of nitrogens with zero attached hydrogens (tertiary/aromatic N) is 2. The number of hydrogen-bond donors (Lipinski definition) is 2. The molecule has 6 heteroatoms. The molecule has 1 atom stereocenters. The standard InChI is InChI=1S/C15H28N4O2/c1-14(2,3)19-10-12(9-18-19)11(7-16)8-17-13(20)21-15(4,5)6/h9-11H,7-8,16H2,1-6H3,(H,17,20). The van der Waals surface area contributed by atoms with Crippen LogP contribution in [0.5, 0.6) is 0 Å². The molecule has 1 rings (SSSR count). The third-order valence-corrected chi connectivity index (χ3v) is 2.94. The number of amides is 1. The van der Waals surface area contributed by atoms with E-state index in [0.717, 1.165) is 5.56 Å². The smallest absolute Gasteiger partial charge is 0.407 e. The average molecular weight is 296 g/mol. The predicted octanol–water partition coefficient (Wildman–Crippen LogP) is 2.21. The largest absolute Gasteiger partial charge is 0.444 e. The van der Waals surface area contributed by atoms with E-state index in [1.807, 2.05) is 31.6 Å². The van der Waals surface area contributed by atoms with Crippen molar-refractivity contribution in [1.82, 2.24) is 15.1 Å². The minimum absolute atomic E-state index is 0.0219. The first-order valence-corrected chi connectivity index (χ1v) is 7.25. The Bertz CT molecular complexity index is 469. The normalized spacial score (nSPS) is 13.9. The van der Waals surface area contributed by atoms with Crippen LogP contribution in [-0.4, -0.2) is 34.6 Å². The van der Waals surface area contributed by atoms with Crippen LogP contribution < -0.4 is 11.1 Å². The van der Waals surface area contributed by atoms with Crippen molar-refractivity contribution in [2.75, 3.05) is 13.1 Å². The summed E-state index contributed by atoms with van der Waals surface area (Å²) in [7, 11) is 0. The Balaban J connectivity index is 2.63. The van der Waals surface area contributed by atoms with Crippen LogP contribution in [0.1, 0.15) is 53.0 Å². The minimum atomic E-state index is -0.501. The van der Waals surface area contributed by atoms with Gasteiger partial charge in [-0.25, -0.2) is 4.79 Å². The van der Waals surface area contributed by atoms with Gasteiger partial charge in [-0.3, -0.25) is 4.68 Å². The summed E-state index contributed by atoms with van der Waals surface area (Å²) in [4.78, 5) is 11.7. The van der Waals surface area contributed by atoms with Gasteiger partial charge >= 0.3 is 6.09 Å². The summed E-state index contributed by atoms with van der Waals surface area (Å²) in [5.41, 5.74) is 6.25. The van der Waals surface area contributed by atoms with E-state index in [-0.39, 0.29) is 11.5 Å². The van der Waals surface area contributed by atoms with Crippen molar-refractivity contribution in [3.63, 3.8) is 0 Å². The lowest BCUT2D eigenvalue weighted by Crippen LogP contribution is -2.36. The second kappa shape index (κ2) is 6.47. The fourth-order valence-electron chi connectivity index (χ4n) is 1.77. The molecule has 0 spiro atoms. The summed E-state index contributed by atoms with van der Waals surface area (Å²) in [5.74, 6) is 0.0219. The van der Waals surface area contributed by atoms with Gasteiger partial charge in [0.2, 0.25) is 0 Å². The molecule has 0 aliphatic rings. The highest BCUT2D eigenvalue weighted by Gasteiger charge is 2.20. The van der Waals surface area contributed by atoms with E-state index in [1.54, 1.807) is 6.20 Å². The molecule has 0 bridgehead atoms. The molecule has 21 heavy (non-hydrogen) atoms. The number of carbonyl (C=O) groups excluding carboxylic acids is 1. The Morgan fingerprint density at radius 3 is 2.43 bits per heavy atom. The van der Waals surface area contributed by atoms with Gasteiger partial charge < -0.3 is 15.8 Å². The lowest BCUT2D eigenvalue weighted by Gasteiger charge is -2.21. The lowest BCUT2D eigenvalue weighted by atomic mass is 10.0. The van der Waals surface area contributed by atoms with Crippen LogP contribution in [0.2, 0.25) is 0 Å². The first-order valence-electron chi connectivity index (χ1n) is 7.25. The molecule has 0 saturated heterocycles. The topological polar surface area (TPSA) is 82.2 Å². The highest BCUT2D eigenvalue weighted by atomic mass is 16.6. The SMILES string of the molecule is CC(C)(C)OC(=O)NCC(CN)c1cnn(C(C)(C)C)c1. The summed E-state index contributed by atoms with van der Waals surface area (Å²) >= 11 is 0. The van der Waals surface area contributed by atoms with E-state index >= 15 is 0 Å². The van der Waals surface area contributed by atoms with Crippen molar-refractivity contribution >= 4 is 6.09 Å². The second-order valence-corrected chi connectivity index (χ2v) is 7.20. The first kappa shape index (κ1) is 17.5. The van der Waals surface area contributed by atoms with E-state index in [2.05, 4.69) is 31.2 Å². The van der Waals surface area contributed by atoms with Crippen LogP contribution in [0.3, 0.4) is 0 Å². The van der Waals surface area contributed by atoms with E-state index < -0.39 is 11.7 Å². The average Bonchev–Trinajstić information content (AvgIpc) is 2.76. The van der Waals surface area contributed by atoms with Gasteiger partial charge in [0.25, 0.3) is 0 Å². The molecule has 0 aliphatic carbocycles. The summed E-state index contributed by atoms with van der Waals surface area (Å²) in [5, 5.41) is 7.12. The number of nitrogens with two attached hydrogens (primary N) is 1. The Labute approximate surface area is 127 Å². The highest BCUT2D eigenvalue weighted by molar-refractivity contribution is 5.67. The number of hydrogen-bond acceptors (Lipinski definition) is 4. The van der Waals surface area contributed by atoms with Crippen LogP contribution >= 0.6 is 0 Å². The maximum Gasteiger partial charge on any atom is 0.407 e. The molecular formula is C15H28N4O2. The van der Waals surface area contributed by atoms with Crippen LogP contribution in [-0.2, 0) is 10.3 Å². The summed E-state index contributed by atoms with van der Waals surface area (Å²) in [6, 6.07) is 0. The number of aromatic nitrogens is 2. The van der Waals surface area contributed by atoms with E-state index in [1.165, 1.54) is 0 Å². The van der Waals surface area contributed by atoms with Gasteiger partial charge in [-0.1, -0.05) is 0 Å². The van der Waals surface area contributed by atoms with Gasteiger partial charge in [-0.2, -0.15) is 5.10 Å². The number of rotatable bonds is 4. The molecule has 1 aromatic rings. The van der Waals surface area contributed by atoms with Crippen molar-refractivity contribution in [3.8, 4) is 0 Å². The van der Waals surface area contributed by atoms with E-state index in [9.17, 15) is 4.79 Å². The van der Waals surface area contributed by atoms with Crippen molar-refractivity contribution < 1.29 is 9.53 Å². The summed E-state index contributed by atoms with van der Waals surface area (Å²) in [6.07, 6.45) is 3.36. The maximum absolute atomic E-state index is 11.7. The third-order valence-electron chi connectivity index (χ3n) is 2.94. The zero-order chi connectivity index (χ0) is 16.3. The molecule has 120 valence electrons. The molecule has 1 aromatic heterocycles. The van der Waals surface area contributed by atoms with Gasteiger partial charge in [0, 0.05) is 25.2 Å². The molecule has 0 radical (unpaired) electrons. The van der Waals surface area contributed by atoms with Gasteiger partial charge in [0.05, 0.1) is 11.7 Å². The van der Waals surface area contributed by atoms with Gasteiger partial charge in [0.15, 0.2) is 0 Å². The number of alkyl carbamates (subject to hydrolysis) is 1. The van der Waals surface area contributed by atoms with E-state index in [0.29, 0.717) is 13.1 Å². The molecule has 3 N–H and O–H groups in total. The fourth-order valence-corrected chi connectivity index (χ4v) is 1.77. The van der Waals surface area contributed by atoms with Gasteiger partial charge in [-0.05, 0) is 47.1 Å². The lowest BCUT2D eigenvalue weighted by molar-refractivity contribution is 0.0525. The van der Waals surface area contributed by atoms with E-state index in [4.69, 9.17) is 10.5 Å². The molecule has 0 aliphatic heterocycles. The van der Waals surface area contributed by atoms with Crippen LogP contribution in [0, 0.1) is 0 Å². The number of ether oxygens (including phenoxy) is 1. The minimum Gasteiger partial charge on any atom is -0.444 e. The zero-order valence-corrected chi connectivity index (χ0v) is 13.9. The van der Waals surface area contributed by atoms with Crippen molar-refractivity contribution in [2.24, 2.45) is 5.73 Å². The zero-order valence-electron chi connectivity index (χ0n) is 13.9. The highest BCUT2D eigenvalue weighted by Crippen LogP contribution is 2.18. The summed E-state index contributed by atoms with van der Waals surface area (Å²) < 4.78 is 7.12. The van der Waals surface area contributed by atoms with Gasteiger partial charge in [-0.15, -0.1) is 0 Å². The summed E-state index contributed by atoms with van der Waals surface area (Å²) in [6.45, 7) is 12.6. The predicted molar refractivity (Wildman–Crippen MR) is 83.3 cm³/mol. The molecule has 0 saturated carbocycles. The maximum atomic E-state index is 11.7. The second-order valence-electron chi connectivity index (χ2n) is 7.20. The Morgan fingerprint density at radius 1 is 1.38 bits per heavy atom. The fraction of sp³-hybridized carbons (Fsp3) is 0.733. The van der Waals surface area contributed by atoms with Crippen molar-refractivity contribution in [3.05, 3.63) is 18.0 Å². The number of nitrogens with one attached hydrogen (secondary N) is 1. The van der Waals surface area contributed by atoms with Crippen LogP contribution in [0.15, 0.2) is 12.4 Å². The third kappa shape index (κ3) is 5.75. The first-order chi connectivity index (χ1) is 9.53. The molecule has 1 amide bonds. The monoisotopic (exact) mass is 296 g/mol.